The van der Waals surface area contributed by atoms with Crippen molar-refractivity contribution in [3.05, 3.63) is 105 Å². The normalized spacial score (nSPS) is 17.9. The highest BCUT2D eigenvalue weighted by atomic mass is 16.7. The van der Waals surface area contributed by atoms with Crippen molar-refractivity contribution in [1.29, 1.82) is 0 Å². The topological polar surface area (TPSA) is 117 Å². The Morgan fingerprint density at radius 3 is 2.13 bits per heavy atom. The molecular formula is C36H41N5O5. The second kappa shape index (κ2) is 13.4. The third kappa shape index (κ3) is 6.02. The van der Waals surface area contributed by atoms with Gasteiger partial charge in [-0.15, -0.1) is 0 Å². The van der Waals surface area contributed by atoms with Gasteiger partial charge in [-0.25, -0.2) is 5.10 Å². The summed E-state index contributed by atoms with van der Waals surface area (Å²) in [6, 6.07) is 21.3. The SMILES string of the molecule is CCOC(OCC)c1ccc(C2Nc3cccc4c(=O)[nH]nc(c34)C2c2ccc(C(=O)N3CCN(C(=O)C(C)C)CC3)cc2)cc1. The van der Waals surface area contributed by atoms with Crippen molar-refractivity contribution in [2.45, 2.75) is 45.9 Å². The molecule has 2 aliphatic heterocycles. The van der Waals surface area contributed by atoms with Crippen LogP contribution in [-0.2, 0) is 14.3 Å². The summed E-state index contributed by atoms with van der Waals surface area (Å²) in [7, 11) is 0. The molecule has 0 spiro atoms. The van der Waals surface area contributed by atoms with Crippen LogP contribution in [0.15, 0.2) is 71.5 Å². The minimum absolute atomic E-state index is 0.0508. The number of carbonyl (C=O) groups excluding carboxylic acids is 2. The van der Waals surface area contributed by atoms with Crippen LogP contribution in [0.1, 0.15) is 78.7 Å². The average molecular weight is 624 g/mol. The Bertz CT molecular complexity index is 1750. The smallest absolute Gasteiger partial charge is 0.272 e. The maximum Gasteiger partial charge on any atom is 0.272 e. The van der Waals surface area contributed by atoms with Gasteiger partial charge in [0.2, 0.25) is 5.91 Å². The number of anilines is 1. The van der Waals surface area contributed by atoms with Crippen molar-refractivity contribution in [3.8, 4) is 0 Å². The predicted molar refractivity (Wildman–Crippen MR) is 177 cm³/mol. The van der Waals surface area contributed by atoms with E-state index in [4.69, 9.17) is 9.47 Å². The third-order valence-corrected chi connectivity index (χ3v) is 8.88. The van der Waals surface area contributed by atoms with Crippen molar-refractivity contribution >= 4 is 28.3 Å². The number of nitrogens with zero attached hydrogens (tertiary/aromatic N) is 3. The van der Waals surface area contributed by atoms with Crippen molar-refractivity contribution in [1.82, 2.24) is 20.0 Å². The number of rotatable bonds is 9. The number of hydrogen-bond donors (Lipinski definition) is 2. The van der Waals surface area contributed by atoms with Gasteiger partial charge in [-0.1, -0.05) is 56.3 Å². The molecule has 0 aliphatic carbocycles. The van der Waals surface area contributed by atoms with Gasteiger partial charge in [-0.05, 0) is 49.2 Å². The Morgan fingerprint density at radius 2 is 1.50 bits per heavy atom. The van der Waals surface area contributed by atoms with Crippen LogP contribution >= 0.6 is 0 Å². The van der Waals surface area contributed by atoms with E-state index >= 15 is 0 Å². The molecule has 0 radical (unpaired) electrons. The van der Waals surface area contributed by atoms with E-state index in [9.17, 15) is 14.4 Å². The quantitative estimate of drug-likeness (QED) is 0.245. The molecule has 4 aromatic rings. The summed E-state index contributed by atoms with van der Waals surface area (Å²) in [5.74, 6) is -0.246. The van der Waals surface area contributed by atoms with E-state index < -0.39 is 6.29 Å². The van der Waals surface area contributed by atoms with E-state index in [0.717, 1.165) is 33.5 Å². The lowest BCUT2D eigenvalue weighted by molar-refractivity contribution is -0.140. The van der Waals surface area contributed by atoms with Gasteiger partial charge < -0.3 is 24.6 Å². The lowest BCUT2D eigenvalue weighted by Crippen LogP contribution is -2.51. The average Bonchev–Trinajstić information content (AvgIpc) is 3.09. The van der Waals surface area contributed by atoms with Gasteiger partial charge in [-0.3, -0.25) is 14.4 Å². The molecular weight excluding hydrogens is 582 g/mol. The number of H-pyrrole nitrogens is 1. The van der Waals surface area contributed by atoms with Gasteiger partial charge >= 0.3 is 0 Å². The molecule has 46 heavy (non-hydrogen) atoms. The van der Waals surface area contributed by atoms with Gasteiger partial charge in [0.1, 0.15) is 0 Å². The number of aromatic amines is 1. The molecule has 2 N–H and O–H groups in total. The molecule has 3 heterocycles. The van der Waals surface area contributed by atoms with Crippen LogP contribution in [-0.4, -0.2) is 71.2 Å². The standard InChI is InChI=1S/C36H41N5O5/c1-5-45-36(46-6-2)26-16-12-24(13-17-26)31-29(32-30-27(33(42)39-38-32)8-7-9-28(30)37-31)23-10-14-25(15-11-23)35(44)41-20-18-40(19-21-41)34(43)22(3)4/h7-17,22,29,31,36-37H,5-6,18-21H2,1-4H3,(H,39,42). The number of piperazine rings is 1. The van der Waals surface area contributed by atoms with Crippen molar-refractivity contribution in [2.75, 3.05) is 44.7 Å². The van der Waals surface area contributed by atoms with Gasteiger partial charge in [-0.2, -0.15) is 5.10 Å². The van der Waals surface area contributed by atoms with Crippen molar-refractivity contribution in [3.63, 3.8) is 0 Å². The molecule has 0 bridgehead atoms. The summed E-state index contributed by atoms with van der Waals surface area (Å²) in [5.41, 5.74) is 4.90. The fraction of sp³-hybridized carbons (Fsp3) is 0.389. The minimum atomic E-state index is -0.441. The summed E-state index contributed by atoms with van der Waals surface area (Å²) in [5, 5.41) is 12.4. The van der Waals surface area contributed by atoms with E-state index in [1.165, 1.54) is 0 Å². The number of nitrogens with one attached hydrogen (secondary N) is 2. The first-order valence-corrected chi connectivity index (χ1v) is 16.1. The lowest BCUT2D eigenvalue weighted by Gasteiger charge is -2.36. The summed E-state index contributed by atoms with van der Waals surface area (Å²) in [6.07, 6.45) is -0.441. The van der Waals surface area contributed by atoms with E-state index in [-0.39, 0.29) is 35.3 Å². The molecule has 2 atom stereocenters. The largest absolute Gasteiger partial charge is 0.377 e. The highest BCUT2D eigenvalue weighted by Crippen LogP contribution is 2.46. The van der Waals surface area contributed by atoms with Crippen LogP contribution in [0.4, 0.5) is 5.69 Å². The molecule has 240 valence electrons. The molecule has 2 amide bonds. The van der Waals surface area contributed by atoms with Gasteiger partial charge in [0, 0.05) is 67.5 Å². The first-order valence-electron chi connectivity index (χ1n) is 16.1. The summed E-state index contributed by atoms with van der Waals surface area (Å²) >= 11 is 0. The van der Waals surface area contributed by atoms with Crippen molar-refractivity contribution in [2.24, 2.45) is 5.92 Å². The third-order valence-electron chi connectivity index (χ3n) is 8.88. The Kier molecular flexibility index (Phi) is 9.19. The molecule has 0 saturated carbocycles. The first kappa shape index (κ1) is 31.4. The van der Waals surface area contributed by atoms with Crippen molar-refractivity contribution < 1.29 is 19.1 Å². The fourth-order valence-electron chi connectivity index (χ4n) is 6.54. The number of amides is 2. The molecule has 1 aromatic heterocycles. The monoisotopic (exact) mass is 623 g/mol. The zero-order valence-corrected chi connectivity index (χ0v) is 26.8. The highest BCUT2D eigenvalue weighted by Gasteiger charge is 2.35. The zero-order chi connectivity index (χ0) is 32.4. The summed E-state index contributed by atoms with van der Waals surface area (Å²) in [4.78, 5) is 42.3. The van der Waals surface area contributed by atoms with Crippen LogP contribution < -0.4 is 10.9 Å². The maximum absolute atomic E-state index is 13.5. The Morgan fingerprint density at radius 1 is 0.870 bits per heavy atom. The van der Waals surface area contributed by atoms with E-state index in [0.29, 0.717) is 50.3 Å². The van der Waals surface area contributed by atoms with Crippen LogP contribution in [0.25, 0.3) is 10.8 Å². The number of carbonyl (C=O) groups is 2. The molecule has 10 heteroatoms. The van der Waals surface area contributed by atoms with Crippen LogP contribution in [0.2, 0.25) is 0 Å². The Hall–Kier alpha value is -4.54. The number of benzene rings is 3. The molecule has 2 aliphatic rings. The predicted octanol–water partition coefficient (Wildman–Crippen LogP) is 5.23. The van der Waals surface area contributed by atoms with Crippen LogP contribution in [0.3, 0.4) is 0 Å². The van der Waals surface area contributed by atoms with Crippen LogP contribution in [0.5, 0.6) is 0 Å². The highest BCUT2D eigenvalue weighted by molar-refractivity contribution is 5.97. The molecule has 6 rings (SSSR count). The van der Waals surface area contributed by atoms with E-state index in [1.807, 2.05) is 92.1 Å². The maximum atomic E-state index is 13.5. The first-order chi connectivity index (χ1) is 22.3. The molecule has 1 fully saturated rings. The van der Waals surface area contributed by atoms with E-state index in [2.05, 4.69) is 27.6 Å². The summed E-state index contributed by atoms with van der Waals surface area (Å²) < 4.78 is 11.6. The second-order valence-corrected chi connectivity index (χ2v) is 12.1. The van der Waals surface area contributed by atoms with Gasteiger partial charge in [0.05, 0.1) is 23.0 Å². The fourth-order valence-corrected chi connectivity index (χ4v) is 6.54. The van der Waals surface area contributed by atoms with Gasteiger partial charge in [0.25, 0.3) is 11.5 Å². The minimum Gasteiger partial charge on any atom is -0.377 e. The number of aromatic nitrogens is 2. The van der Waals surface area contributed by atoms with Gasteiger partial charge in [0.15, 0.2) is 6.29 Å². The lowest BCUT2D eigenvalue weighted by atomic mass is 9.79. The summed E-state index contributed by atoms with van der Waals surface area (Å²) in [6.45, 7) is 10.9. The van der Waals surface area contributed by atoms with E-state index in [1.54, 1.807) is 0 Å². The Balaban J connectivity index is 1.32. The Labute approximate surface area is 268 Å². The second-order valence-electron chi connectivity index (χ2n) is 12.1. The zero-order valence-electron chi connectivity index (χ0n) is 26.8. The van der Waals surface area contributed by atoms with Crippen LogP contribution in [0, 0.1) is 5.92 Å². The number of ether oxygens (including phenoxy) is 2. The molecule has 2 unspecified atom stereocenters. The molecule has 1 saturated heterocycles. The number of hydrogen-bond acceptors (Lipinski definition) is 7. The molecule has 3 aromatic carbocycles. The molecule has 10 nitrogen and oxygen atoms in total.